The zero-order valence-electron chi connectivity index (χ0n) is 14.1. The Labute approximate surface area is 150 Å². The third-order valence-corrected chi connectivity index (χ3v) is 4.59. The summed E-state index contributed by atoms with van der Waals surface area (Å²) in [5.74, 6) is -0.256. The molecule has 0 saturated carbocycles. The van der Waals surface area contributed by atoms with E-state index in [-0.39, 0.29) is 22.9 Å². The van der Waals surface area contributed by atoms with Gasteiger partial charge < -0.3 is 14.6 Å². The molecule has 0 radical (unpaired) electrons. The van der Waals surface area contributed by atoms with Crippen molar-refractivity contribution in [1.82, 2.24) is 4.90 Å². The minimum absolute atomic E-state index is 0.0546. The highest BCUT2D eigenvalue weighted by Crippen LogP contribution is 2.40. The first-order valence-electron chi connectivity index (χ1n) is 8.47. The zero-order chi connectivity index (χ0) is 18.1. The van der Waals surface area contributed by atoms with Gasteiger partial charge in [-0.3, -0.25) is 9.69 Å². The van der Waals surface area contributed by atoms with Crippen LogP contribution in [0.4, 0.5) is 4.39 Å². The predicted octanol–water partition coefficient (Wildman–Crippen LogP) is 2.98. The molecule has 0 amide bonds. The Hall–Kier alpha value is -2.70. The lowest BCUT2D eigenvalue weighted by Crippen LogP contribution is -2.35. The highest BCUT2D eigenvalue weighted by molar-refractivity contribution is 6.15. The Morgan fingerprint density at radius 3 is 2.69 bits per heavy atom. The molecule has 2 aliphatic rings. The van der Waals surface area contributed by atoms with E-state index in [1.165, 1.54) is 24.3 Å². The predicted molar refractivity (Wildman–Crippen MR) is 93.5 cm³/mol. The molecule has 4 rings (SSSR count). The Bertz CT molecular complexity index is 887. The summed E-state index contributed by atoms with van der Waals surface area (Å²) in [6, 6.07) is 9.22. The third-order valence-electron chi connectivity index (χ3n) is 4.59. The molecular weight excluding hydrogens is 337 g/mol. The maximum absolute atomic E-state index is 13.9. The van der Waals surface area contributed by atoms with Crippen LogP contribution in [0.15, 0.2) is 42.2 Å². The molecule has 5 nitrogen and oxygen atoms in total. The highest BCUT2D eigenvalue weighted by Gasteiger charge is 2.32. The molecular formula is C20H18FNO4. The van der Waals surface area contributed by atoms with Crippen molar-refractivity contribution in [1.29, 1.82) is 0 Å². The maximum Gasteiger partial charge on any atom is 0.231 e. The fourth-order valence-electron chi connectivity index (χ4n) is 3.17. The number of phenolic OH excluding ortho intramolecular Hbond substituents is 1. The number of allylic oxidation sites excluding steroid dienone is 1. The molecule has 1 fully saturated rings. The van der Waals surface area contributed by atoms with Crippen LogP contribution in [0, 0.1) is 5.82 Å². The number of fused-ring (bicyclic) bond motifs is 1. The molecule has 0 bridgehead atoms. The summed E-state index contributed by atoms with van der Waals surface area (Å²) in [5.41, 5.74) is 1.23. The second-order valence-electron chi connectivity index (χ2n) is 6.29. The number of carbonyl (C=O) groups is 1. The number of benzene rings is 2. The van der Waals surface area contributed by atoms with Crippen LogP contribution in [0.1, 0.15) is 21.5 Å². The number of nitrogens with zero attached hydrogens (tertiary/aromatic N) is 1. The summed E-state index contributed by atoms with van der Waals surface area (Å²) in [5, 5.41) is 10.3. The Kier molecular flexibility index (Phi) is 4.44. The standard InChI is InChI=1S/C20H18FNO4/c21-16-4-2-1-3-13(16)11-18-19(24)14-5-6-17(23)15(20(14)26-18)12-22-7-9-25-10-8-22/h1-6,11,23H,7-10,12H2/b18-11-. The van der Waals surface area contributed by atoms with Gasteiger partial charge in [-0.25, -0.2) is 4.39 Å². The minimum Gasteiger partial charge on any atom is -0.507 e. The average molecular weight is 355 g/mol. The molecule has 2 heterocycles. The first-order chi connectivity index (χ1) is 12.6. The number of Topliss-reactive ketones (excluding diaryl/α,β-unsaturated/α-hetero) is 1. The second kappa shape index (κ2) is 6.90. The van der Waals surface area contributed by atoms with E-state index in [4.69, 9.17) is 9.47 Å². The lowest BCUT2D eigenvalue weighted by molar-refractivity contribution is 0.0336. The first kappa shape index (κ1) is 16.8. The summed E-state index contributed by atoms with van der Waals surface area (Å²) in [6.45, 7) is 3.21. The van der Waals surface area contributed by atoms with E-state index in [0.29, 0.717) is 36.6 Å². The van der Waals surface area contributed by atoms with Crippen molar-refractivity contribution < 1.29 is 23.8 Å². The van der Waals surface area contributed by atoms with Crippen LogP contribution in [-0.4, -0.2) is 42.1 Å². The lowest BCUT2D eigenvalue weighted by atomic mass is 10.0. The number of ketones is 1. The summed E-state index contributed by atoms with van der Waals surface area (Å²) in [7, 11) is 0. The van der Waals surface area contributed by atoms with Crippen LogP contribution in [0.5, 0.6) is 11.5 Å². The molecule has 26 heavy (non-hydrogen) atoms. The Morgan fingerprint density at radius 1 is 1.15 bits per heavy atom. The van der Waals surface area contributed by atoms with E-state index in [1.807, 2.05) is 0 Å². The number of rotatable bonds is 3. The van der Waals surface area contributed by atoms with Gasteiger partial charge >= 0.3 is 0 Å². The number of ether oxygens (including phenoxy) is 2. The van der Waals surface area contributed by atoms with Crippen molar-refractivity contribution >= 4 is 11.9 Å². The van der Waals surface area contributed by atoms with Crippen LogP contribution >= 0.6 is 0 Å². The number of morpholine rings is 1. The summed E-state index contributed by atoms with van der Waals surface area (Å²) in [6.07, 6.45) is 1.40. The van der Waals surface area contributed by atoms with E-state index in [1.54, 1.807) is 18.2 Å². The van der Waals surface area contributed by atoms with Gasteiger partial charge in [0.2, 0.25) is 5.78 Å². The molecule has 6 heteroatoms. The number of carbonyl (C=O) groups excluding carboxylic acids is 1. The van der Waals surface area contributed by atoms with E-state index in [9.17, 15) is 14.3 Å². The van der Waals surface area contributed by atoms with E-state index in [0.717, 1.165) is 13.1 Å². The number of halogens is 1. The van der Waals surface area contributed by atoms with Gasteiger partial charge in [0.15, 0.2) is 5.76 Å². The molecule has 0 aliphatic carbocycles. The largest absolute Gasteiger partial charge is 0.507 e. The van der Waals surface area contributed by atoms with Gasteiger partial charge in [-0.2, -0.15) is 0 Å². The number of phenols is 1. The molecule has 0 unspecified atom stereocenters. The first-order valence-corrected chi connectivity index (χ1v) is 8.47. The topological polar surface area (TPSA) is 59.0 Å². The van der Waals surface area contributed by atoms with Gasteiger partial charge in [-0.05, 0) is 24.3 Å². The van der Waals surface area contributed by atoms with Crippen molar-refractivity contribution in [2.45, 2.75) is 6.54 Å². The Morgan fingerprint density at radius 2 is 1.92 bits per heavy atom. The monoisotopic (exact) mass is 355 g/mol. The van der Waals surface area contributed by atoms with Gasteiger partial charge in [0.1, 0.15) is 17.3 Å². The molecule has 0 atom stereocenters. The van der Waals surface area contributed by atoms with Crippen molar-refractivity contribution in [3.05, 3.63) is 64.7 Å². The molecule has 2 aromatic rings. The highest BCUT2D eigenvalue weighted by atomic mass is 19.1. The summed E-state index contributed by atoms with van der Waals surface area (Å²) < 4.78 is 25.0. The van der Waals surface area contributed by atoms with Crippen molar-refractivity contribution in [2.75, 3.05) is 26.3 Å². The van der Waals surface area contributed by atoms with Crippen LogP contribution in [0.3, 0.4) is 0 Å². The van der Waals surface area contributed by atoms with Crippen molar-refractivity contribution in [2.24, 2.45) is 0 Å². The molecule has 1 saturated heterocycles. The fourth-order valence-corrected chi connectivity index (χ4v) is 3.17. The van der Waals surface area contributed by atoms with Gasteiger partial charge in [0.25, 0.3) is 0 Å². The van der Waals surface area contributed by atoms with Crippen LogP contribution in [-0.2, 0) is 11.3 Å². The molecule has 2 aromatic carbocycles. The number of hydrogen-bond donors (Lipinski definition) is 1. The lowest BCUT2D eigenvalue weighted by Gasteiger charge is -2.27. The van der Waals surface area contributed by atoms with E-state index >= 15 is 0 Å². The van der Waals surface area contributed by atoms with Crippen molar-refractivity contribution in [3.63, 3.8) is 0 Å². The molecule has 2 aliphatic heterocycles. The normalized spacial score (nSPS) is 18.8. The number of hydrogen-bond acceptors (Lipinski definition) is 5. The van der Waals surface area contributed by atoms with Gasteiger partial charge in [0, 0.05) is 25.2 Å². The Balaban J connectivity index is 1.67. The summed E-state index contributed by atoms with van der Waals surface area (Å²) in [4.78, 5) is 14.8. The third kappa shape index (κ3) is 3.09. The number of aromatic hydroxyl groups is 1. The minimum atomic E-state index is -0.427. The van der Waals surface area contributed by atoms with Gasteiger partial charge in [0.05, 0.1) is 24.3 Å². The fraction of sp³-hybridized carbons (Fsp3) is 0.250. The van der Waals surface area contributed by atoms with Crippen molar-refractivity contribution in [3.8, 4) is 11.5 Å². The second-order valence-corrected chi connectivity index (χ2v) is 6.29. The maximum atomic E-state index is 13.9. The quantitative estimate of drug-likeness (QED) is 0.858. The van der Waals surface area contributed by atoms with E-state index < -0.39 is 5.82 Å². The van der Waals surface area contributed by atoms with E-state index in [2.05, 4.69) is 4.90 Å². The van der Waals surface area contributed by atoms with Gasteiger partial charge in [-0.15, -0.1) is 0 Å². The summed E-state index contributed by atoms with van der Waals surface area (Å²) >= 11 is 0. The SMILES string of the molecule is O=C1/C(=C/c2ccccc2F)Oc2c1ccc(O)c2CN1CCOCC1. The van der Waals surface area contributed by atoms with Crippen LogP contribution in [0.25, 0.3) is 6.08 Å². The zero-order valence-corrected chi connectivity index (χ0v) is 14.1. The van der Waals surface area contributed by atoms with Gasteiger partial charge in [-0.1, -0.05) is 18.2 Å². The molecule has 0 spiro atoms. The smallest absolute Gasteiger partial charge is 0.231 e. The van der Waals surface area contributed by atoms with Crippen LogP contribution < -0.4 is 4.74 Å². The molecule has 1 N–H and O–H groups in total. The average Bonchev–Trinajstić information content (AvgIpc) is 2.96. The molecule has 134 valence electrons. The molecule has 0 aromatic heterocycles. The van der Waals surface area contributed by atoms with Crippen LogP contribution in [0.2, 0.25) is 0 Å².